The number of ether oxygens (including phenoxy) is 2. The largest absolute Gasteiger partial charge is 0.471 e. The van der Waals surface area contributed by atoms with Crippen molar-refractivity contribution in [3.05, 3.63) is 47.9 Å². The van der Waals surface area contributed by atoms with E-state index in [2.05, 4.69) is 25.8 Å². The predicted molar refractivity (Wildman–Crippen MR) is 103 cm³/mol. The van der Waals surface area contributed by atoms with Crippen LogP contribution in [0.15, 0.2) is 36.5 Å². The summed E-state index contributed by atoms with van der Waals surface area (Å²) >= 11 is 0. The zero-order valence-electron chi connectivity index (χ0n) is 15.8. The number of fused-ring (bicyclic) bond motifs is 1. The first-order valence-electron chi connectivity index (χ1n) is 8.79. The standard InChI is InChI=1S/C19H22FN5O3/c1-11(10-27-3)28-18-15-9-21-17(8-16(15)24-25-18)23-19(26)22-12(2)13-4-6-14(20)7-5-13/h4-9,11-12H,10H2,1-3H3,(H,24,25)(H2,21,22,23,26). The number of aromatic amines is 1. The van der Waals surface area contributed by atoms with Crippen molar-refractivity contribution in [2.75, 3.05) is 19.0 Å². The molecule has 3 N–H and O–H groups in total. The number of carbonyl (C=O) groups excluding carboxylic acids is 1. The molecule has 0 saturated heterocycles. The molecule has 0 radical (unpaired) electrons. The van der Waals surface area contributed by atoms with Gasteiger partial charge in [-0.15, -0.1) is 5.10 Å². The van der Waals surface area contributed by atoms with E-state index in [4.69, 9.17) is 9.47 Å². The van der Waals surface area contributed by atoms with E-state index >= 15 is 0 Å². The van der Waals surface area contributed by atoms with Crippen LogP contribution in [0.25, 0.3) is 10.9 Å². The fourth-order valence-electron chi connectivity index (χ4n) is 2.69. The molecule has 0 spiro atoms. The van der Waals surface area contributed by atoms with Gasteiger partial charge in [0.15, 0.2) is 0 Å². The highest BCUT2D eigenvalue weighted by Crippen LogP contribution is 2.24. The van der Waals surface area contributed by atoms with Gasteiger partial charge in [0.2, 0.25) is 5.88 Å². The summed E-state index contributed by atoms with van der Waals surface area (Å²) in [6.45, 7) is 4.12. The maximum absolute atomic E-state index is 13.0. The van der Waals surface area contributed by atoms with Crippen LogP contribution in [0, 0.1) is 5.82 Å². The lowest BCUT2D eigenvalue weighted by atomic mass is 10.1. The number of H-pyrrole nitrogens is 1. The number of amides is 2. The number of hydrogen-bond acceptors (Lipinski definition) is 5. The number of urea groups is 1. The number of methoxy groups -OCH3 is 1. The summed E-state index contributed by atoms with van der Waals surface area (Å²) in [5.41, 5.74) is 1.47. The Labute approximate surface area is 161 Å². The Bertz CT molecular complexity index is 944. The molecule has 2 heterocycles. The van der Waals surface area contributed by atoms with Crippen molar-refractivity contribution < 1.29 is 18.7 Å². The summed E-state index contributed by atoms with van der Waals surface area (Å²) in [4.78, 5) is 16.5. The van der Waals surface area contributed by atoms with E-state index in [1.165, 1.54) is 12.1 Å². The Morgan fingerprint density at radius 2 is 2.04 bits per heavy atom. The number of halogens is 1. The summed E-state index contributed by atoms with van der Waals surface area (Å²) in [5.74, 6) is 0.460. The minimum atomic E-state index is -0.423. The van der Waals surface area contributed by atoms with Gasteiger partial charge in [0, 0.05) is 19.4 Å². The van der Waals surface area contributed by atoms with Gasteiger partial charge in [0.1, 0.15) is 17.7 Å². The van der Waals surface area contributed by atoms with Gasteiger partial charge in [-0.3, -0.25) is 10.4 Å². The second-order valence-corrected chi connectivity index (χ2v) is 6.40. The Kier molecular flexibility index (Phi) is 6.05. The molecule has 0 aliphatic heterocycles. The lowest BCUT2D eigenvalue weighted by Crippen LogP contribution is -2.31. The number of aromatic nitrogens is 3. The number of carbonyl (C=O) groups is 1. The van der Waals surface area contributed by atoms with Crippen molar-refractivity contribution in [3.63, 3.8) is 0 Å². The fraction of sp³-hybridized carbons (Fsp3) is 0.316. The number of nitrogens with zero attached hydrogens (tertiary/aromatic N) is 2. The van der Waals surface area contributed by atoms with Crippen LogP contribution in [0.5, 0.6) is 5.88 Å². The maximum Gasteiger partial charge on any atom is 0.320 e. The van der Waals surface area contributed by atoms with Crippen LogP contribution in [-0.2, 0) is 4.74 Å². The zero-order chi connectivity index (χ0) is 20.1. The molecule has 2 amide bonds. The first kappa shape index (κ1) is 19.6. The summed E-state index contributed by atoms with van der Waals surface area (Å²) in [6, 6.07) is 6.91. The monoisotopic (exact) mass is 387 g/mol. The molecule has 2 aromatic heterocycles. The summed E-state index contributed by atoms with van der Waals surface area (Å²) < 4.78 is 23.8. The first-order valence-corrected chi connectivity index (χ1v) is 8.79. The minimum absolute atomic E-state index is 0.159. The van der Waals surface area contributed by atoms with Crippen molar-refractivity contribution >= 4 is 22.8 Å². The number of rotatable bonds is 7. The number of hydrogen-bond donors (Lipinski definition) is 3. The quantitative estimate of drug-likeness (QED) is 0.577. The first-order chi connectivity index (χ1) is 13.5. The lowest BCUT2D eigenvalue weighted by molar-refractivity contribution is 0.0899. The van der Waals surface area contributed by atoms with Crippen LogP contribution in [0.2, 0.25) is 0 Å². The van der Waals surface area contributed by atoms with Crippen LogP contribution < -0.4 is 15.4 Å². The summed E-state index contributed by atoms with van der Waals surface area (Å²) in [7, 11) is 1.60. The third-order valence-corrected chi connectivity index (χ3v) is 4.09. The molecule has 2 atom stereocenters. The second-order valence-electron chi connectivity index (χ2n) is 6.40. The molecular formula is C19H22FN5O3. The lowest BCUT2D eigenvalue weighted by Gasteiger charge is -2.15. The van der Waals surface area contributed by atoms with Crippen LogP contribution in [0.4, 0.5) is 15.0 Å². The van der Waals surface area contributed by atoms with Crippen molar-refractivity contribution in [2.24, 2.45) is 0 Å². The van der Waals surface area contributed by atoms with E-state index in [0.717, 1.165) is 5.56 Å². The van der Waals surface area contributed by atoms with Crippen molar-refractivity contribution in [2.45, 2.75) is 26.0 Å². The van der Waals surface area contributed by atoms with Gasteiger partial charge < -0.3 is 14.8 Å². The van der Waals surface area contributed by atoms with E-state index in [1.54, 1.807) is 31.5 Å². The van der Waals surface area contributed by atoms with Crippen molar-refractivity contribution in [1.82, 2.24) is 20.5 Å². The van der Waals surface area contributed by atoms with Crippen LogP contribution in [0.3, 0.4) is 0 Å². The SMILES string of the molecule is COCC(C)Oc1n[nH]c2cc(NC(=O)NC(C)c3ccc(F)cc3)ncc12. The topological polar surface area (TPSA) is 101 Å². The van der Waals surface area contributed by atoms with Gasteiger partial charge in [-0.2, -0.15) is 0 Å². The molecular weight excluding hydrogens is 365 g/mol. The fourth-order valence-corrected chi connectivity index (χ4v) is 2.69. The van der Waals surface area contributed by atoms with Gasteiger partial charge in [-0.1, -0.05) is 12.1 Å². The van der Waals surface area contributed by atoms with Crippen molar-refractivity contribution in [1.29, 1.82) is 0 Å². The molecule has 0 bridgehead atoms. The molecule has 148 valence electrons. The Hall–Kier alpha value is -3.20. The van der Waals surface area contributed by atoms with E-state index in [0.29, 0.717) is 29.2 Å². The van der Waals surface area contributed by atoms with Gasteiger partial charge in [0.05, 0.1) is 23.6 Å². The van der Waals surface area contributed by atoms with E-state index in [-0.39, 0.29) is 18.0 Å². The number of anilines is 1. The third-order valence-electron chi connectivity index (χ3n) is 4.09. The molecule has 9 heteroatoms. The van der Waals surface area contributed by atoms with Crippen LogP contribution in [-0.4, -0.2) is 41.0 Å². The van der Waals surface area contributed by atoms with Crippen molar-refractivity contribution in [3.8, 4) is 5.88 Å². The molecule has 3 aromatic rings. The smallest absolute Gasteiger partial charge is 0.320 e. The highest BCUT2D eigenvalue weighted by Gasteiger charge is 2.14. The summed E-state index contributed by atoms with van der Waals surface area (Å²) in [5, 5.41) is 13.1. The molecule has 28 heavy (non-hydrogen) atoms. The molecule has 0 aliphatic rings. The number of pyridine rings is 1. The van der Waals surface area contributed by atoms with E-state index < -0.39 is 6.03 Å². The molecule has 8 nitrogen and oxygen atoms in total. The normalized spacial score (nSPS) is 13.1. The molecule has 0 aliphatic carbocycles. The van der Waals surface area contributed by atoms with E-state index in [1.807, 2.05) is 13.8 Å². The van der Waals surface area contributed by atoms with Crippen LogP contribution >= 0.6 is 0 Å². The van der Waals surface area contributed by atoms with Gasteiger partial charge in [0.25, 0.3) is 0 Å². The average Bonchev–Trinajstić information content (AvgIpc) is 3.04. The molecule has 0 fully saturated rings. The second kappa shape index (κ2) is 8.66. The molecule has 0 saturated carbocycles. The van der Waals surface area contributed by atoms with Gasteiger partial charge >= 0.3 is 6.03 Å². The van der Waals surface area contributed by atoms with Crippen LogP contribution in [0.1, 0.15) is 25.5 Å². The highest BCUT2D eigenvalue weighted by atomic mass is 19.1. The Morgan fingerprint density at radius 1 is 1.29 bits per heavy atom. The average molecular weight is 387 g/mol. The van der Waals surface area contributed by atoms with Gasteiger partial charge in [-0.25, -0.2) is 14.2 Å². The highest BCUT2D eigenvalue weighted by molar-refractivity contribution is 5.92. The minimum Gasteiger partial charge on any atom is -0.471 e. The summed E-state index contributed by atoms with van der Waals surface area (Å²) in [6.07, 6.45) is 1.42. The Balaban J connectivity index is 1.63. The number of nitrogens with one attached hydrogen (secondary N) is 3. The molecule has 2 unspecified atom stereocenters. The van der Waals surface area contributed by atoms with Gasteiger partial charge in [-0.05, 0) is 31.5 Å². The molecule has 1 aromatic carbocycles. The number of benzene rings is 1. The van der Waals surface area contributed by atoms with E-state index in [9.17, 15) is 9.18 Å². The maximum atomic E-state index is 13.0. The zero-order valence-corrected chi connectivity index (χ0v) is 15.8. The Morgan fingerprint density at radius 3 is 2.75 bits per heavy atom. The third kappa shape index (κ3) is 4.74. The predicted octanol–water partition coefficient (Wildman–Crippen LogP) is 3.39. The molecule has 3 rings (SSSR count).